The molecule has 0 aliphatic rings. The summed E-state index contributed by atoms with van der Waals surface area (Å²) in [6, 6.07) is 62.5. The van der Waals surface area contributed by atoms with Crippen molar-refractivity contribution in [1.82, 2.24) is 34.9 Å². The molecule has 12 aromatic rings. The van der Waals surface area contributed by atoms with Crippen LogP contribution in [0.15, 0.2) is 213 Å². The van der Waals surface area contributed by atoms with E-state index in [9.17, 15) is 0 Å². The summed E-state index contributed by atoms with van der Waals surface area (Å²) in [6.07, 6.45) is 9.47. The average molecular weight is 1030 g/mol. The SMILES string of the molecule is CC(C)c1cc2ccccc2cn1.CC(C)c1ccc2ccccc2n1.CC(C)c1ccc2cccnc2c1.CC(C)c1ccc2ncccc2c1.CC(C)c1cnc2ccccc2c1.CC(C)c1ncc2ccccc2n1. The fraction of sp³-hybridized carbons (Fsp3) is 0.254. The van der Waals surface area contributed by atoms with Crippen molar-refractivity contribution in [2.24, 2.45) is 0 Å². The van der Waals surface area contributed by atoms with E-state index < -0.39 is 0 Å². The molecule has 0 atom stereocenters. The molecule has 12 rings (SSSR count). The van der Waals surface area contributed by atoms with E-state index in [1.165, 1.54) is 60.4 Å². The number of pyridine rings is 5. The van der Waals surface area contributed by atoms with Gasteiger partial charge in [0.1, 0.15) is 5.82 Å². The van der Waals surface area contributed by atoms with E-state index in [4.69, 9.17) is 0 Å². The second-order valence-electron chi connectivity index (χ2n) is 21.5. The summed E-state index contributed by atoms with van der Waals surface area (Å²) in [6.45, 7) is 26.0. The van der Waals surface area contributed by atoms with Gasteiger partial charge in [-0.05, 0) is 118 Å². The fourth-order valence-electron chi connectivity index (χ4n) is 8.38. The number of fused-ring (bicyclic) bond motifs is 6. The maximum absolute atomic E-state index is 4.57. The molecule has 78 heavy (non-hydrogen) atoms. The summed E-state index contributed by atoms with van der Waals surface area (Å²) in [5.41, 5.74) is 11.7. The monoisotopic (exact) mass is 1030 g/mol. The molecule has 7 nitrogen and oxygen atoms in total. The lowest BCUT2D eigenvalue weighted by Gasteiger charge is -2.05. The van der Waals surface area contributed by atoms with Gasteiger partial charge in [-0.1, -0.05) is 198 Å². The Morgan fingerprint density at radius 3 is 1.35 bits per heavy atom. The summed E-state index contributed by atoms with van der Waals surface area (Å²) < 4.78 is 0. The van der Waals surface area contributed by atoms with Gasteiger partial charge in [0.2, 0.25) is 0 Å². The van der Waals surface area contributed by atoms with Gasteiger partial charge in [-0.2, -0.15) is 0 Å². The highest BCUT2D eigenvalue weighted by Crippen LogP contribution is 2.23. The Kier molecular flexibility index (Phi) is 20.8. The van der Waals surface area contributed by atoms with E-state index in [0.29, 0.717) is 35.5 Å². The van der Waals surface area contributed by atoms with Crippen LogP contribution in [0.5, 0.6) is 0 Å². The van der Waals surface area contributed by atoms with Crippen LogP contribution < -0.4 is 0 Å². The Morgan fingerprint density at radius 1 is 0.244 bits per heavy atom. The zero-order chi connectivity index (χ0) is 55.6. The molecular formula is C71H77N7. The minimum Gasteiger partial charge on any atom is -0.260 e. The van der Waals surface area contributed by atoms with Crippen molar-refractivity contribution in [3.8, 4) is 0 Å². The topological polar surface area (TPSA) is 90.2 Å². The Labute approximate surface area is 463 Å². The lowest BCUT2D eigenvalue weighted by molar-refractivity contribution is 0.783. The molecule has 396 valence electrons. The molecule has 0 unspecified atom stereocenters. The first-order valence-corrected chi connectivity index (χ1v) is 27.6. The van der Waals surface area contributed by atoms with E-state index in [1.807, 2.05) is 104 Å². The Hall–Kier alpha value is -8.29. The lowest BCUT2D eigenvalue weighted by atomic mass is 10.0. The zero-order valence-corrected chi connectivity index (χ0v) is 47.8. The molecule has 0 spiro atoms. The lowest BCUT2D eigenvalue weighted by Crippen LogP contribution is -1.96. The molecule has 6 aromatic carbocycles. The van der Waals surface area contributed by atoms with Gasteiger partial charge in [-0.15, -0.1) is 0 Å². The molecule has 0 fully saturated rings. The molecule has 0 bridgehead atoms. The Morgan fingerprint density at radius 2 is 0.705 bits per heavy atom. The van der Waals surface area contributed by atoms with Gasteiger partial charge in [0, 0.05) is 80.6 Å². The summed E-state index contributed by atoms with van der Waals surface area (Å²) >= 11 is 0. The second kappa shape index (κ2) is 28.2. The minimum atomic E-state index is 0.393. The van der Waals surface area contributed by atoms with E-state index in [2.05, 4.69) is 227 Å². The van der Waals surface area contributed by atoms with Crippen LogP contribution in [0.2, 0.25) is 0 Å². The van der Waals surface area contributed by atoms with Crippen LogP contribution in [0.25, 0.3) is 65.3 Å². The van der Waals surface area contributed by atoms with Crippen LogP contribution in [-0.2, 0) is 0 Å². The van der Waals surface area contributed by atoms with Crippen LogP contribution in [0.1, 0.15) is 152 Å². The molecule has 6 heterocycles. The van der Waals surface area contributed by atoms with Crippen molar-refractivity contribution >= 4 is 65.3 Å². The smallest absolute Gasteiger partial charge is 0.131 e. The van der Waals surface area contributed by atoms with Crippen molar-refractivity contribution in [1.29, 1.82) is 0 Å². The third-order valence-electron chi connectivity index (χ3n) is 13.3. The molecule has 0 saturated heterocycles. The molecule has 0 radical (unpaired) electrons. The number of aromatic nitrogens is 7. The number of rotatable bonds is 6. The Bertz CT molecular complexity index is 3160. The van der Waals surface area contributed by atoms with Crippen molar-refractivity contribution in [2.75, 3.05) is 0 Å². The third-order valence-corrected chi connectivity index (χ3v) is 13.3. The predicted molar refractivity (Wildman–Crippen MR) is 333 cm³/mol. The van der Waals surface area contributed by atoms with Gasteiger partial charge in [-0.25, -0.2) is 9.97 Å². The van der Waals surface area contributed by atoms with Crippen LogP contribution in [0, 0.1) is 0 Å². The standard InChI is InChI=1S/5C12H13N.C11H12N2/c1-9(2)10-5-6-12-11(8-10)4-3-7-13-12;1-9(2)11-6-5-10-4-3-7-13-12(10)8-11;1-9(2)11-7-10-5-3-4-6-12(10)13-8-11;1-9(2)12-7-10-5-3-4-6-11(10)8-13-12;1-9(2)11-8-7-10-5-3-4-6-12(10)13-11;1-8(2)11-12-7-9-5-3-4-6-10(9)13-11/h5*3-9H,1-2H3;3-8H,1-2H3. The van der Waals surface area contributed by atoms with Crippen molar-refractivity contribution in [2.45, 2.75) is 119 Å². The number of hydrogen-bond donors (Lipinski definition) is 0. The van der Waals surface area contributed by atoms with Gasteiger partial charge in [-0.3, -0.25) is 24.9 Å². The summed E-state index contributed by atoms with van der Waals surface area (Å²) in [7, 11) is 0. The van der Waals surface area contributed by atoms with Crippen molar-refractivity contribution in [3.05, 3.63) is 247 Å². The highest BCUT2D eigenvalue weighted by Gasteiger charge is 2.06. The first kappa shape index (κ1) is 57.4. The second-order valence-corrected chi connectivity index (χ2v) is 21.5. The first-order chi connectivity index (χ1) is 37.6. The van der Waals surface area contributed by atoms with Gasteiger partial charge < -0.3 is 0 Å². The average Bonchev–Trinajstić information content (AvgIpc) is 3.48. The van der Waals surface area contributed by atoms with E-state index in [1.54, 1.807) is 0 Å². The minimum absolute atomic E-state index is 0.393. The molecular weight excluding hydrogens is 951 g/mol. The van der Waals surface area contributed by atoms with Gasteiger partial charge in [0.05, 0.1) is 27.6 Å². The van der Waals surface area contributed by atoms with Gasteiger partial charge in [0.25, 0.3) is 0 Å². The first-order valence-electron chi connectivity index (χ1n) is 27.6. The Balaban J connectivity index is 0.000000136. The predicted octanol–water partition coefficient (Wildman–Crippen LogP) is 19.5. The van der Waals surface area contributed by atoms with Crippen LogP contribution >= 0.6 is 0 Å². The molecule has 6 aromatic heterocycles. The van der Waals surface area contributed by atoms with Crippen LogP contribution in [-0.4, -0.2) is 34.9 Å². The highest BCUT2D eigenvalue weighted by atomic mass is 14.9. The summed E-state index contributed by atoms with van der Waals surface area (Å²) in [5.74, 6) is 4.03. The maximum atomic E-state index is 4.57. The molecule has 0 amide bonds. The number of para-hydroxylation sites is 3. The van der Waals surface area contributed by atoms with Gasteiger partial charge in [0.15, 0.2) is 0 Å². The molecule has 7 heteroatoms. The van der Waals surface area contributed by atoms with E-state index in [-0.39, 0.29) is 0 Å². The van der Waals surface area contributed by atoms with E-state index >= 15 is 0 Å². The van der Waals surface area contributed by atoms with Crippen LogP contribution in [0.4, 0.5) is 0 Å². The zero-order valence-electron chi connectivity index (χ0n) is 47.8. The molecule has 0 N–H and O–H groups in total. The maximum Gasteiger partial charge on any atom is 0.131 e. The number of nitrogens with zero attached hydrogens (tertiary/aromatic N) is 7. The number of hydrogen-bond acceptors (Lipinski definition) is 7. The van der Waals surface area contributed by atoms with Crippen LogP contribution in [0.3, 0.4) is 0 Å². The van der Waals surface area contributed by atoms with Crippen molar-refractivity contribution < 1.29 is 0 Å². The molecule has 0 aliphatic carbocycles. The normalized spacial score (nSPS) is 11.0. The highest BCUT2D eigenvalue weighted by molar-refractivity contribution is 5.83. The largest absolute Gasteiger partial charge is 0.260 e. The molecule has 0 aliphatic heterocycles. The van der Waals surface area contributed by atoms with E-state index in [0.717, 1.165) is 38.8 Å². The quantitative estimate of drug-likeness (QED) is 0.164. The fourth-order valence-corrected chi connectivity index (χ4v) is 8.38. The summed E-state index contributed by atoms with van der Waals surface area (Å²) in [5, 5.41) is 8.49. The van der Waals surface area contributed by atoms with Crippen molar-refractivity contribution in [3.63, 3.8) is 0 Å². The summed E-state index contributed by atoms with van der Waals surface area (Å²) in [4.78, 5) is 30.7. The van der Waals surface area contributed by atoms with Gasteiger partial charge >= 0.3 is 0 Å². The number of benzene rings is 6. The third kappa shape index (κ3) is 16.4. The molecule has 0 saturated carbocycles.